The second-order valence-corrected chi connectivity index (χ2v) is 6.40. The zero-order chi connectivity index (χ0) is 16.4. The van der Waals surface area contributed by atoms with Crippen LogP contribution in [-0.4, -0.2) is 78.3 Å². The number of hydrogen-bond donors (Lipinski definition) is 1. The van der Waals surface area contributed by atoms with Gasteiger partial charge in [-0.25, -0.2) is 0 Å². The van der Waals surface area contributed by atoms with Crippen molar-refractivity contribution in [1.82, 2.24) is 14.7 Å². The first-order chi connectivity index (χ1) is 11.1. The van der Waals surface area contributed by atoms with Gasteiger partial charge in [0.1, 0.15) is 5.75 Å². The Bertz CT molecular complexity index is 609. The summed E-state index contributed by atoms with van der Waals surface area (Å²) in [4.78, 5) is 30.1. The molecule has 1 aromatic rings. The number of fused-ring (bicyclic) bond motifs is 1. The van der Waals surface area contributed by atoms with E-state index in [0.717, 1.165) is 43.7 Å². The molecule has 0 saturated carbocycles. The Morgan fingerprint density at radius 1 is 1.22 bits per heavy atom. The number of carbonyl (C=O) groups is 2. The van der Waals surface area contributed by atoms with Crippen LogP contribution >= 0.6 is 0 Å². The fraction of sp³-hybridized carbons (Fsp3) is 0.529. The molecule has 1 aromatic carbocycles. The predicted octanol–water partition coefficient (Wildman–Crippen LogP) is 0.337. The number of aromatic hydroxyl groups is 1. The smallest absolute Gasteiger partial charge is 0.237 e. The summed E-state index contributed by atoms with van der Waals surface area (Å²) in [6, 6.07) is 3.41. The van der Waals surface area contributed by atoms with Gasteiger partial charge in [0.25, 0.3) is 0 Å². The van der Waals surface area contributed by atoms with Gasteiger partial charge in [-0.3, -0.25) is 14.5 Å². The zero-order valence-electron chi connectivity index (χ0n) is 13.5. The first kappa shape index (κ1) is 16.0. The number of rotatable bonds is 3. The maximum atomic E-state index is 12.6. The van der Waals surface area contributed by atoms with Gasteiger partial charge in [0.15, 0.2) is 6.29 Å². The minimum atomic E-state index is -0.00730. The summed E-state index contributed by atoms with van der Waals surface area (Å²) in [6.45, 7) is 5.30. The summed E-state index contributed by atoms with van der Waals surface area (Å²) in [5.74, 6) is 0.0903. The highest BCUT2D eigenvalue weighted by molar-refractivity contribution is 5.84. The van der Waals surface area contributed by atoms with E-state index in [4.69, 9.17) is 0 Å². The summed E-state index contributed by atoms with van der Waals surface area (Å²) < 4.78 is 0. The summed E-state index contributed by atoms with van der Waals surface area (Å²) in [5, 5.41) is 9.83. The molecule has 0 radical (unpaired) electrons. The minimum absolute atomic E-state index is 0.00730. The summed E-state index contributed by atoms with van der Waals surface area (Å²) >= 11 is 0. The summed E-state index contributed by atoms with van der Waals surface area (Å²) in [6.07, 6.45) is 1.41. The monoisotopic (exact) mass is 317 g/mol. The molecule has 1 saturated heterocycles. The van der Waals surface area contributed by atoms with Crippen LogP contribution in [0.15, 0.2) is 12.1 Å². The van der Waals surface area contributed by atoms with Crippen LogP contribution in [0.2, 0.25) is 0 Å². The molecule has 0 bridgehead atoms. The number of aldehydes is 1. The van der Waals surface area contributed by atoms with Crippen molar-refractivity contribution in [2.75, 3.05) is 46.3 Å². The first-order valence-electron chi connectivity index (χ1n) is 8.06. The van der Waals surface area contributed by atoms with Crippen molar-refractivity contribution in [3.8, 4) is 5.75 Å². The van der Waals surface area contributed by atoms with Crippen LogP contribution < -0.4 is 0 Å². The van der Waals surface area contributed by atoms with E-state index in [1.807, 2.05) is 6.07 Å². The van der Waals surface area contributed by atoms with Crippen molar-refractivity contribution in [3.05, 3.63) is 28.8 Å². The molecule has 0 aliphatic carbocycles. The lowest BCUT2D eigenvalue weighted by molar-refractivity contribution is -0.133. The average Bonchev–Trinajstić information content (AvgIpc) is 2.56. The molecular formula is C17H23N3O3. The first-order valence-corrected chi connectivity index (χ1v) is 8.06. The highest BCUT2D eigenvalue weighted by Gasteiger charge is 2.26. The molecule has 1 fully saturated rings. The lowest BCUT2D eigenvalue weighted by atomic mass is 9.94. The van der Waals surface area contributed by atoms with E-state index >= 15 is 0 Å². The molecule has 6 heteroatoms. The Morgan fingerprint density at radius 3 is 2.65 bits per heavy atom. The largest absolute Gasteiger partial charge is 0.507 e. The van der Waals surface area contributed by atoms with Crippen LogP contribution in [0.1, 0.15) is 21.5 Å². The van der Waals surface area contributed by atoms with Gasteiger partial charge in [-0.05, 0) is 30.7 Å². The lowest BCUT2D eigenvalue weighted by Crippen LogP contribution is -2.49. The molecule has 2 heterocycles. The molecule has 2 aliphatic rings. The second kappa shape index (κ2) is 6.68. The molecule has 124 valence electrons. The van der Waals surface area contributed by atoms with Gasteiger partial charge in [-0.15, -0.1) is 0 Å². The average molecular weight is 317 g/mol. The van der Waals surface area contributed by atoms with Crippen LogP contribution in [0.3, 0.4) is 0 Å². The maximum Gasteiger partial charge on any atom is 0.237 e. The predicted molar refractivity (Wildman–Crippen MR) is 86.6 cm³/mol. The van der Waals surface area contributed by atoms with E-state index < -0.39 is 0 Å². The number of nitrogens with zero attached hydrogens (tertiary/aromatic N) is 3. The number of phenolic OH excluding ortho intramolecular Hbond substituents is 1. The van der Waals surface area contributed by atoms with Crippen LogP contribution in [0, 0.1) is 0 Å². The zero-order valence-corrected chi connectivity index (χ0v) is 13.5. The van der Waals surface area contributed by atoms with Gasteiger partial charge in [-0.2, -0.15) is 0 Å². The molecule has 1 amide bonds. The molecule has 2 aliphatic heterocycles. The number of carbonyl (C=O) groups excluding carboxylic acids is 2. The molecule has 0 spiro atoms. The number of hydrogen-bond acceptors (Lipinski definition) is 5. The number of benzene rings is 1. The van der Waals surface area contributed by atoms with Gasteiger partial charge < -0.3 is 14.9 Å². The Kier molecular flexibility index (Phi) is 4.63. The fourth-order valence-corrected chi connectivity index (χ4v) is 3.29. The van der Waals surface area contributed by atoms with Gasteiger partial charge in [0, 0.05) is 39.3 Å². The molecule has 0 unspecified atom stereocenters. The van der Waals surface area contributed by atoms with Crippen LogP contribution in [0.4, 0.5) is 0 Å². The van der Waals surface area contributed by atoms with Crippen LogP contribution in [0.5, 0.6) is 5.75 Å². The van der Waals surface area contributed by atoms with Crippen molar-refractivity contribution in [3.63, 3.8) is 0 Å². The molecule has 0 aromatic heterocycles. The van der Waals surface area contributed by atoms with Crippen molar-refractivity contribution >= 4 is 12.2 Å². The van der Waals surface area contributed by atoms with E-state index in [1.54, 1.807) is 11.0 Å². The van der Waals surface area contributed by atoms with Crippen molar-refractivity contribution in [1.29, 1.82) is 0 Å². The SMILES string of the molecule is CN1CCN(CC(=O)N2CCc3ccc(O)c(C=O)c3C2)CC1. The van der Waals surface area contributed by atoms with E-state index in [1.165, 1.54) is 0 Å². The number of phenols is 1. The number of piperazine rings is 1. The Labute approximate surface area is 136 Å². The molecule has 6 nitrogen and oxygen atoms in total. The molecule has 0 atom stereocenters. The molecular weight excluding hydrogens is 294 g/mol. The van der Waals surface area contributed by atoms with Gasteiger partial charge >= 0.3 is 0 Å². The van der Waals surface area contributed by atoms with Crippen LogP contribution in [0.25, 0.3) is 0 Å². The van der Waals surface area contributed by atoms with Gasteiger partial charge in [0.2, 0.25) is 5.91 Å². The summed E-state index contributed by atoms with van der Waals surface area (Å²) in [7, 11) is 2.09. The van der Waals surface area contributed by atoms with E-state index in [9.17, 15) is 14.7 Å². The van der Waals surface area contributed by atoms with E-state index in [-0.39, 0.29) is 11.7 Å². The topological polar surface area (TPSA) is 64.1 Å². The standard InChI is InChI=1S/C17H23N3O3/c1-18-6-8-19(9-7-18)11-17(23)20-5-4-13-2-3-16(22)15(12-21)14(13)10-20/h2-3,12,22H,4-11H2,1H3. The fourth-order valence-electron chi connectivity index (χ4n) is 3.29. The number of likely N-dealkylation sites (N-methyl/N-ethyl adjacent to an activating group) is 1. The van der Waals surface area contributed by atoms with E-state index in [2.05, 4.69) is 16.8 Å². The van der Waals surface area contributed by atoms with Crippen LogP contribution in [-0.2, 0) is 17.8 Å². The Hall–Kier alpha value is -1.92. The number of amides is 1. The van der Waals surface area contributed by atoms with Gasteiger partial charge in [-0.1, -0.05) is 6.07 Å². The minimum Gasteiger partial charge on any atom is -0.507 e. The second-order valence-electron chi connectivity index (χ2n) is 6.40. The summed E-state index contributed by atoms with van der Waals surface area (Å²) in [5.41, 5.74) is 2.16. The Morgan fingerprint density at radius 2 is 1.96 bits per heavy atom. The van der Waals surface area contributed by atoms with Crippen molar-refractivity contribution in [2.24, 2.45) is 0 Å². The molecule has 23 heavy (non-hydrogen) atoms. The molecule has 3 rings (SSSR count). The normalized spacial score (nSPS) is 19.4. The van der Waals surface area contributed by atoms with E-state index in [0.29, 0.717) is 31.5 Å². The third-order valence-electron chi connectivity index (χ3n) is 4.86. The lowest BCUT2D eigenvalue weighted by Gasteiger charge is -2.35. The van der Waals surface area contributed by atoms with Crippen molar-refractivity contribution < 1.29 is 14.7 Å². The third kappa shape index (κ3) is 3.38. The molecule has 1 N–H and O–H groups in total. The van der Waals surface area contributed by atoms with Gasteiger partial charge in [0.05, 0.1) is 12.1 Å². The highest BCUT2D eigenvalue weighted by Crippen LogP contribution is 2.28. The Balaban J connectivity index is 1.68. The highest BCUT2D eigenvalue weighted by atomic mass is 16.3. The van der Waals surface area contributed by atoms with Crippen molar-refractivity contribution in [2.45, 2.75) is 13.0 Å². The maximum absolute atomic E-state index is 12.6. The quantitative estimate of drug-likeness (QED) is 0.815. The third-order valence-corrected chi connectivity index (χ3v) is 4.86.